The van der Waals surface area contributed by atoms with E-state index in [1.54, 1.807) is 22.6 Å². The molecule has 1 aliphatic rings. The van der Waals surface area contributed by atoms with E-state index in [9.17, 15) is 9.90 Å². The predicted molar refractivity (Wildman–Crippen MR) is 99.7 cm³/mol. The van der Waals surface area contributed by atoms with Crippen molar-refractivity contribution in [1.82, 2.24) is 14.3 Å². The van der Waals surface area contributed by atoms with E-state index < -0.39 is 0 Å². The van der Waals surface area contributed by atoms with Crippen LogP contribution in [-0.2, 0) is 6.54 Å². The van der Waals surface area contributed by atoms with Crippen LogP contribution in [0.2, 0.25) is 0 Å². The first-order valence-electron chi connectivity index (χ1n) is 8.33. The van der Waals surface area contributed by atoms with Gasteiger partial charge in [0.05, 0.1) is 5.69 Å². The monoisotopic (exact) mass is 356 g/mol. The maximum atomic E-state index is 12.3. The highest BCUT2D eigenvalue weighted by atomic mass is 32.1. The second kappa shape index (κ2) is 6.50. The molecule has 0 aliphatic carbocycles. The summed E-state index contributed by atoms with van der Waals surface area (Å²) in [5.74, 6) is 0.291. The van der Waals surface area contributed by atoms with E-state index in [-0.39, 0.29) is 5.56 Å². The highest BCUT2D eigenvalue weighted by Gasteiger charge is 2.18. The van der Waals surface area contributed by atoms with Crippen LogP contribution in [0.4, 0.5) is 5.69 Å². The largest absolute Gasteiger partial charge is 0.508 e. The molecule has 4 rings (SSSR count). The summed E-state index contributed by atoms with van der Waals surface area (Å²) in [6, 6.07) is 8.98. The van der Waals surface area contributed by atoms with Crippen molar-refractivity contribution in [2.24, 2.45) is 0 Å². The van der Waals surface area contributed by atoms with Gasteiger partial charge in [0.1, 0.15) is 5.75 Å². The van der Waals surface area contributed by atoms with Crippen molar-refractivity contribution in [1.29, 1.82) is 0 Å². The standard InChI is InChI=1S/C18H20N4O2S/c1-13-12-25-18-19-14(10-17(24)22(13)18)11-20-6-8-21(9-7-20)15-2-4-16(23)5-3-15/h2-5,10,12,23H,6-9,11H2,1H3. The third-order valence-electron chi connectivity index (χ3n) is 4.60. The van der Waals surface area contributed by atoms with E-state index in [0.29, 0.717) is 12.3 Å². The van der Waals surface area contributed by atoms with Crippen molar-refractivity contribution >= 4 is 22.0 Å². The molecule has 0 amide bonds. The van der Waals surface area contributed by atoms with Gasteiger partial charge in [0.2, 0.25) is 0 Å². The summed E-state index contributed by atoms with van der Waals surface area (Å²) in [6.07, 6.45) is 0. The second-order valence-electron chi connectivity index (χ2n) is 6.36. The number of aromatic nitrogens is 2. The lowest BCUT2D eigenvalue weighted by atomic mass is 10.2. The lowest BCUT2D eigenvalue weighted by Gasteiger charge is -2.35. The zero-order valence-electron chi connectivity index (χ0n) is 14.1. The number of anilines is 1. The van der Waals surface area contributed by atoms with E-state index in [1.807, 2.05) is 24.4 Å². The van der Waals surface area contributed by atoms with Crippen molar-refractivity contribution in [3.05, 3.63) is 57.5 Å². The molecule has 6 nitrogen and oxygen atoms in total. The fourth-order valence-electron chi connectivity index (χ4n) is 3.24. The Balaban J connectivity index is 1.43. The smallest absolute Gasteiger partial charge is 0.259 e. The van der Waals surface area contributed by atoms with Crippen LogP contribution >= 0.6 is 11.3 Å². The number of hydrogen-bond donors (Lipinski definition) is 1. The van der Waals surface area contributed by atoms with Gasteiger partial charge in [-0.1, -0.05) is 0 Å². The number of nitrogens with zero attached hydrogens (tertiary/aromatic N) is 4. The van der Waals surface area contributed by atoms with Crippen molar-refractivity contribution < 1.29 is 5.11 Å². The van der Waals surface area contributed by atoms with Crippen LogP contribution in [0, 0.1) is 6.92 Å². The van der Waals surface area contributed by atoms with Gasteiger partial charge in [0.15, 0.2) is 4.96 Å². The van der Waals surface area contributed by atoms with Gasteiger partial charge in [-0.3, -0.25) is 14.1 Å². The Kier molecular flexibility index (Phi) is 4.19. The number of fused-ring (bicyclic) bond motifs is 1. The van der Waals surface area contributed by atoms with Crippen molar-refractivity contribution in [2.75, 3.05) is 31.1 Å². The zero-order valence-corrected chi connectivity index (χ0v) is 14.9. The van der Waals surface area contributed by atoms with E-state index in [2.05, 4.69) is 14.8 Å². The molecule has 3 heterocycles. The molecule has 0 radical (unpaired) electrons. The first-order valence-corrected chi connectivity index (χ1v) is 9.21. The Morgan fingerprint density at radius 3 is 2.60 bits per heavy atom. The molecule has 2 aromatic heterocycles. The lowest BCUT2D eigenvalue weighted by molar-refractivity contribution is 0.247. The fourth-order valence-corrected chi connectivity index (χ4v) is 4.13. The minimum absolute atomic E-state index is 0.00137. The number of rotatable bonds is 3. The van der Waals surface area contributed by atoms with Crippen LogP contribution in [-0.4, -0.2) is 45.6 Å². The molecular weight excluding hydrogens is 336 g/mol. The summed E-state index contributed by atoms with van der Waals surface area (Å²) >= 11 is 1.51. The molecule has 1 aliphatic heterocycles. The third-order valence-corrected chi connectivity index (χ3v) is 5.55. The number of piperazine rings is 1. The van der Waals surface area contributed by atoms with Gasteiger partial charge in [-0.05, 0) is 31.2 Å². The maximum absolute atomic E-state index is 12.3. The Morgan fingerprint density at radius 2 is 1.88 bits per heavy atom. The SMILES string of the molecule is Cc1csc2nc(CN3CCN(c4ccc(O)cc4)CC3)cc(=O)n12. The van der Waals surface area contributed by atoms with Gasteiger partial charge in [0.25, 0.3) is 5.56 Å². The topological polar surface area (TPSA) is 61.1 Å². The van der Waals surface area contributed by atoms with Crippen LogP contribution in [0.3, 0.4) is 0 Å². The molecule has 0 atom stereocenters. The van der Waals surface area contributed by atoms with E-state index >= 15 is 0 Å². The minimum Gasteiger partial charge on any atom is -0.508 e. The third kappa shape index (κ3) is 3.25. The normalized spacial score (nSPS) is 15.8. The molecule has 1 aromatic carbocycles. The number of hydrogen-bond acceptors (Lipinski definition) is 6. The Labute approximate surface area is 149 Å². The molecule has 25 heavy (non-hydrogen) atoms. The molecule has 0 unspecified atom stereocenters. The molecule has 130 valence electrons. The molecular formula is C18H20N4O2S. The average molecular weight is 356 g/mol. The number of thiazole rings is 1. The first kappa shape index (κ1) is 16.1. The van der Waals surface area contributed by atoms with Crippen molar-refractivity contribution in [3.8, 4) is 5.75 Å². The fraction of sp³-hybridized carbons (Fsp3) is 0.333. The Bertz CT molecular complexity index is 940. The van der Waals surface area contributed by atoms with Crippen LogP contribution in [0.5, 0.6) is 5.75 Å². The van der Waals surface area contributed by atoms with Gasteiger partial charge in [0, 0.05) is 55.6 Å². The molecule has 3 aromatic rings. The van der Waals surface area contributed by atoms with Gasteiger partial charge in [-0.15, -0.1) is 11.3 Å². The summed E-state index contributed by atoms with van der Waals surface area (Å²) in [6.45, 7) is 6.31. The average Bonchev–Trinajstić information content (AvgIpc) is 2.98. The van der Waals surface area contributed by atoms with E-state index in [1.165, 1.54) is 11.3 Å². The lowest BCUT2D eigenvalue weighted by Crippen LogP contribution is -2.46. The summed E-state index contributed by atoms with van der Waals surface area (Å²) in [7, 11) is 0. The second-order valence-corrected chi connectivity index (χ2v) is 7.20. The highest BCUT2D eigenvalue weighted by molar-refractivity contribution is 7.15. The summed E-state index contributed by atoms with van der Waals surface area (Å²) in [5.41, 5.74) is 2.90. The molecule has 7 heteroatoms. The van der Waals surface area contributed by atoms with Crippen molar-refractivity contribution in [3.63, 3.8) is 0 Å². The van der Waals surface area contributed by atoms with Gasteiger partial charge >= 0.3 is 0 Å². The number of benzene rings is 1. The molecule has 0 saturated carbocycles. The molecule has 1 saturated heterocycles. The van der Waals surface area contributed by atoms with Gasteiger partial charge in [-0.2, -0.15) is 0 Å². The summed E-state index contributed by atoms with van der Waals surface area (Å²) < 4.78 is 1.66. The summed E-state index contributed by atoms with van der Waals surface area (Å²) in [4.78, 5) is 22.3. The van der Waals surface area contributed by atoms with Gasteiger partial charge in [-0.25, -0.2) is 4.98 Å². The quantitative estimate of drug-likeness (QED) is 0.779. The van der Waals surface area contributed by atoms with E-state index in [0.717, 1.165) is 48.2 Å². The molecule has 0 spiro atoms. The number of phenols is 1. The molecule has 0 bridgehead atoms. The van der Waals surface area contributed by atoms with E-state index in [4.69, 9.17) is 0 Å². The Hall–Kier alpha value is -2.38. The summed E-state index contributed by atoms with van der Waals surface area (Å²) in [5, 5.41) is 11.4. The minimum atomic E-state index is 0.00137. The first-order chi connectivity index (χ1) is 12.1. The maximum Gasteiger partial charge on any atom is 0.259 e. The zero-order chi connectivity index (χ0) is 17.4. The highest BCUT2D eigenvalue weighted by Crippen LogP contribution is 2.20. The van der Waals surface area contributed by atoms with Crippen LogP contribution in [0.15, 0.2) is 40.5 Å². The molecule has 1 N–H and O–H groups in total. The number of aromatic hydroxyl groups is 1. The molecule has 1 fully saturated rings. The Morgan fingerprint density at radius 1 is 1.16 bits per heavy atom. The van der Waals surface area contributed by atoms with Crippen molar-refractivity contribution in [2.45, 2.75) is 13.5 Å². The van der Waals surface area contributed by atoms with Crippen LogP contribution < -0.4 is 10.5 Å². The van der Waals surface area contributed by atoms with Gasteiger partial charge < -0.3 is 10.0 Å². The van der Waals surface area contributed by atoms with Crippen LogP contribution in [0.1, 0.15) is 11.4 Å². The van der Waals surface area contributed by atoms with Crippen LogP contribution in [0.25, 0.3) is 4.96 Å². The predicted octanol–water partition coefficient (Wildman–Crippen LogP) is 2.09. The number of phenolic OH excluding ortho intramolecular Hbond substituents is 1. The number of aryl methyl sites for hydroxylation is 1.